The summed E-state index contributed by atoms with van der Waals surface area (Å²) in [6.07, 6.45) is 8.10. The van der Waals surface area contributed by atoms with Gasteiger partial charge in [-0.2, -0.15) is 0 Å². The van der Waals surface area contributed by atoms with Crippen LogP contribution in [0.2, 0.25) is 5.02 Å². The number of nitrogens with zero attached hydrogens (tertiary/aromatic N) is 6. The lowest BCUT2D eigenvalue weighted by Crippen LogP contribution is -2.49. The number of aromatic nitrogens is 2. The Hall–Kier alpha value is -3.12. The molecule has 3 aliphatic rings. The standard InChI is InChI=1S/C29H33ClFN7O2S/c30-22-16-20(5-6-23(22)31)34-28-27-21-7-11-38(17-24(21)41-29(27)33-19-32-28)25(39)4-3-8-35-12-14-36(15-13-35)18-26(40)37-9-1-2-10-37/h3-6,16,19H,1-2,7-15,17-18H2,(H,32,33,34)/b4-3+. The summed E-state index contributed by atoms with van der Waals surface area (Å²) in [4.78, 5) is 44.7. The van der Waals surface area contributed by atoms with Crippen LogP contribution >= 0.6 is 22.9 Å². The van der Waals surface area contributed by atoms with Gasteiger partial charge in [-0.05, 0) is 43.0 Å². The zero-order chi connectivity index (χ0) is 28.3. The molecule has 0 spiro atoms. The van der Waals surface area contributed by atoms with E-state index in [0.29, 0.717) is 37.6 Å². The van der Waals surface area contributed by atoms with Crippen LogP contribution in [0.15, 0.2) is 36.7 Å². The number of hydrogen-bond donors (Lipinski definition) is 1. The number of hydrogen-bond acceptors (Lipinski definition) is 8. The van der Waals surface area contributed by atoms with Crippen molar-refractivity contribution < 1.29 is 14.0 Å². The Morgan fingerprint density at radius 2 is 1.80 bits per heavy atom. The van der Waals surface area contributed by atoms with Crippen LogP contribution < -0.4 is 5.32 Å². The van der Waals surface area contributed by atoms with Gasteiger partial charge >= 0.3 is 0 Å². The summed E-state index contributed by atoms with van der Waals surface area (Å²) in [5, 5.41) is 4.24. The van der Waals surface area contributed by atoms with Crippen LogP contribution in [0.25, 0.3) is 10.2 Å². The van der Waals surface area contributed by atoms with Crippen molar-refractivity contribution >= 4 is 56.5 Å². The summed E-state index contributed by atoms with van der Waals surface area (Å²) >= 11 is 7.53. The zero-order valence-corrected chi connectivity index (χ0v) is 24.4. The van der Waals surface area contributed by atoms with E-state index < -0.39 is 5.82 Å². The molecule has 5 heterocycles. The van der Waals surface area contributed by atoms with Crippen LogP contribution in [0.4, 0.5) is 15.9 Å². The number of likely N-dealkylation sites (tertiary alicyclic amines) is 1. The molecule has 2 amide bonds. The van der Waals surface area contributed by atoms with Gasteiger partial charge in [0.25, 0.3) is 0 Å². The predicted octanol–water partition coefficient (Wildman–Crippen LogP) is 3.91. The second kappa shape index (κ2) is 12.4. The van der Waals surface area contributed by atoms with Gasteiger partial charge in [0.05, 0.1) is 23.5 Å². The van der Waals surface area contributed by atoms with Crippen LogP contribution in [-0.4, -0.2) is 100 Å². The molecule has 9 nitrogen and oxygen atoms in total. The monoisotopic (exact) mass is 597 g/mol. The van der Waals surface area contributed by atoms with Crippen molar-refractivity contribution in [1.82, 2.24) is 29.6 Å². The van der Waals surface area contributed by atoms with Crippen LogP contribution in [-0.2, 0) is 22.6 Å². The van der Waals surface area contributed by atoms with Gasteiger partial charge in [-0.1, -0.05) is 17.7 Å². The molecular weight excluding hydrogens is 565 g/mol. The summed E-state index contributed by atoms with van der Waals surface area (Å²) < 4.78 is 13.6. The number of nitrogens with one attached hydrogen (secondary N) is 1. The molecule has 3 aliphatic heterocycles. The first-order valence-corrected chi connectivity index (χ1v) is 15.3. The average molecular weight is 598 g/mol. The van der Waals surface area contributed by atoms with E-state index in [4.69, 9.17) is 11.6 Å². The Morgan fingerprint density at radius 1 is 1.02 bits per heavy atom. The summed E-state index contributed by atoms with van der Waals surface area (Å²) in [5.41, 5.74) is 1.79. The van der Waals surface area contributed by atoms with Gasteiger partial charge in [0.2, 0.25) is 11.8 Å². The minimum Gasteiger partial charge on any atom is -0.342 e. The van der Waals surface area contributed by atoms with Crippen molar-refractivity contribution in [2.45, 2.75) is 25.8 Å². The number of piperazine rings is 1. The third-order valence-electron chi connectivity index (χ3n) is 8.04. The SMILES string of the molecule is O=C(/C=C/CN1CCN(CC(=O)N2CCCC2)CC1)N1CCc2c(sc3ncnc(Nc4ccc(F)c(Cl)c4)c23)C1. The van der Waals surface area contributed by atoms with E-state index >= 15 is 0 Å². The lowest BCUT2D eigenvalue weighted by molar-refractivity contribution is -0.131. The van der Waals surface area contributed by atoms with E-state index in [0.717, 1.165) is 79.3 Å². The molecule has 0 unspecified atom stereocenters. The first-order valence-electron chi connectivity index (χ1n) is 14.1. The van der Waals surface area contributed by atoms with Gasteiger partial charge in [0.1, 0.15) is 22.8 Å². The van der Waals surface area contributed by atoms with Gasteiger partial charge in [-0.25, -0.2) is 14.4 Å². The molecule has 12 heteroatoms. The van der Waals surface area contributed by atoms with E-state index in [1.54, 1.807) is 23.5 Å². The Balaban J connectivity index is 1.02. The molecule has 3 aromatic rings. The summed E-state index contributed by atoms with van der Waals surface area (Å²) in [6.45, 7) is 7.71. The molecule has 0 saturated carbocycles. The van der Waals surface area contributed by atoms with Crippen LogP contribution in [0, 0.1) is 5.82 Å². The Bertz CT molecular complexity index is 1470. The molecule has 41 heavy (non-hydrogen) atoms. The molecule has 1 N–H and O–H groups in total. The number of fused-ring (bicyclic) bond motifs is 3. The van der Waals surface area contributed by atoms with Crippen molar-refractivity contribution in [3.05, 3.63) is 58.0 Å². The first-order chi connectivity index (χ1) is 19.9. The van der Waals surface area contributed by atoms with Crippen LogP contribution in [0.1, 0.15) is 23.3 Å². The zero-order valence-electron chi connectivity index (χ0n) is 22.8. The van der Waals surface area contributed by atoms with Gasteiger partial charge in [-0.15, -0.1) is 11.3 Å². The predicted molar refractivity (Wildman–Crippen MR) is 159 cm³/mol. The highest BCUT2D eigenvalue weighted by Crippen LogP contribution is 2.38. The highest BCUT2D eigenvalue weighted by molar-refractivity contribution is 7.19. The third kappa shape index (κ3) is 6.38. The van der Waals surface area contributed by atoms with Crippen LogP contribution in [0.3, 0.4) is 0 Å². The number of rotatable bonds is 7. The first kappa shape index (κ1) is 28.0. The smallest absolute Gasteiger partial charge is 0.246 e. The van der Waals surface area contributed by atoms with Crippen molar-refractivity contribution in [3.63, 3.8) is 0 Å². The number of halogens is 2. The number of anilines is 2. The fourth-order valence-corrected chi connectivity index (χ4v) is 7.10. The quantitative estimate of drug-likeness (QED) is 0.414. The largest absolute Gasteiger partial charge is 0.342 e. The average Bonchev–Trinajstić information content (AvgIpc) is 3.64. The fraction of sp³-hybridized carbons (Fsp3) is 0.448. The molecule has 2 fully saturated rings. The maximum atomic E-state index is 13.6. The lowest BCUT2D eigenvalue weighted by atomic mass is 10.0. The van der Waals surface area contributed by atoms with Gasteiger partial charge < -0.3 is 15.1 Å². The number of amides is 2. The Morgan fingerprint density at radius 3 is 2.59 bits per heavy atom. The van der Waals surface area contributed by atoms with Gasteiger partial charge in [0.15, 0.2) is 0 Å². The Kier molecular flexibility index (Phi) is 8.47. The van der Waals surface area contributed by atoms with Crippen molar-refractivity contribution in [2.24, 2.45) is 0 Å². The van der Waals surface area contributed by atoms with E-state index in [1.807, 2.05) is 15.9 Å². The minimum atomic E-state index is -0.472. The summed E-state index contributed by atoms with van der Waals surface area (Å²) in [5.74, 6) is 0.436. The normalized spacial score (nSPS) is 18.4. The van der Waals surface area contributed by atoms with Crippen molar-refractivity contribution in [2.75, 3.05) is 64.2 Å². The van der Waals surface area contributed by atoms with E-state index in [9.17, 15) is 14.0 Å². The van der Waals surface area contributed by atoms with Gasteiger partial charge in [0, 0.05) is 69.0 Å². The van der Waals surface area contributed by atoms with E-state index in [1.165, 1.54) is 18.5 Å². The highest BCUT2D eigenvalue weighted by Gasteiger charge is 2.26. The molecule has 0 radical (unpaired) electrons. The highest BCUT2D eigenvalue weighted by atomic mass is 35.5. The second-order valence-corrected chi connectivity index (χ2v) is 12.2. The number of carbonyl (C=O) groups is 2. The molecule has 2 saturated heterocycles. The number of benzene rings is 1. The topological polar surface area (TPSA) is 84.9 Å². The lowest BCUT2D eigenvalue weighted by Gasteiger charge is -2.34. The van der Waals surface area contributed by atoms with E-state index in [-0.39, 0.29) is 16.8 Å². The van der Waals surface area contributed by atoms with E-state index in [2.05, 4.69) is 25.1 Å². The molecule has 0 bridgehead atoms. The molecule has 1 aromatic carbocycles. The maximum absolute atomic E-state index is 13.6. The molecule has 0 aliphatic carbocycles. The van der Waals surface area contributed by atoms with Crippen molar-refractivity contribution in [3.8, 4) is 0 Å². The minimum absolute atomic E-state index is 0.00772. The molecule has 0 atom stereocenters. The summed E-state index contributed by atoms with van der Waals surface area (Å²) in [6, 6.07) is 4.48. The second-order valence-electron chi connectivity index (χ2n) is 10.7. The number of thiophene rings is 1. The molecular formula is C29H33ClFN7O2S. The number of carbonyl (C=O) groups excluding carboxylic acids is 2. The Labute approximate surface area is 247 Å². The fourth-order valence-electron chi connectivity index (χ4n) is 5.72. The summed E-state index contributed by atoms with van der Waals surface area (Å²) in [7, 11) is 0. The molecule has 6 rings (SSSR count). The van der Waals surface area contributed by atoms with Gasteiger partial charge in [-0.3, -0.25) is 19.4 Å². The maximum Gasteiger partial charge on any atom is 0.246 e. The molecule has 2 aromatic heterocycles. The third-order valence-corrected chi connectivity index (χ3v) is 9.45. The van der Waals surface area contributed by atoms with Crippen molar-refractivity contribution in [1.29, 1.82) is 0 Å². The van der Waals surface area contributed by atoms with Crippen LogP contribution in [0.5, 0.6) is 0 Å². The molecule has 216 valence electrons.